The van der Waals surface area contributed by atoms with Gasteiger partial charge in [-0.1, -0.05) is 12.7 Å². The molecule has 0 aliphatic heterocycles. The van der Waals surface area contributed by atoms with Gasteiger partial charge in [0.05, 0.1) is 0 Å². The van der Waals surface area contributed by atoms with Crippen LogP contribution < -0.4 is 10.1 Å². The molecular weight excluding hydrogens is 295 g/mol. The van der Waals surface area contributed by atoms with E-state index >= 15 is 0 Å². The van der Waals surface area contributed by atoms with E-state index in [-0.39, 0.29) is 12.3 Å². The summed E-state index contributed by atoms with van der Waals surface area (Å²) in [5.41, 5.74) is -0.815. The van der Waals surface area contributed by atoms with Crippen LogP contribution in [0.3, 0.4) is 0 Å². The summed E-state index contributed by atoms with van der Waals surface area (Å²) in [6.45, 7) is 3.24. The largest absolute Gasteiger partial charge is 0.573 e. The lowest BCUT2D eigenvalue weighted by molar-refractivity contribution is -0.274. The Hall–Kier alpha value is -2.71. The lowest BCUT2D eigenvalue weighted by Crippen LogP contribution is -2.19. The molecule has 1 aromatic rings. The second-order valence-electron chi connectivity index (χ2n) is 3.58. The number of amides is 1. The lowest BCUT2D eigenvalue weighted by atomic mass is 10.2. The molecule has 0 saturated carbocycles. The van der Waals surface area contributed by atoms with Crippen LogP contribution in [0.5, 0.6) is 5.75 Å². The minimum absolute atomic E-state index is 0.0593. The number of hydrogen-bond acceptors (Lipinski definition) is 4. The minimum atomic E-state index is -5.03. The number of rotatable bonds is 5. The fourth-order valence-electron chi connectivity index (χ4n) is 1.28. The number of alkyl halides is 3. The monoisotopic (exact) mass is 305 g/mol. The molecule has 2 N–H and O–H groups in total. The van der Waals surface area contributed by atoms with Crippen molar-refractivity contribution in [2.24, 2.45) is 0 Å². The van der Waals surface area contributed by atoms with Gasteiger partial charge in [-0.15, -0.1) is 13.2 Å². The molecule has 114 valence electrons. The van der Waals surface area contributed by atoms with Crippen LogP contribution in [-0.4, -0.2) is 30.1 Å². The quantitative estimate of drug-likeness (QED) is 0.817. The number of aromatic carboxylic acids is 1. The Kier molecular flexibility index (Phi) is 5.17. The Balaban J connectivity index is 2.95. The molecule has 0 heterocycles. The summed E-state index contributed by atoms with van der Waals surface area (Å²) in [6.07, 6.45) is -4.62. The van der Waals surface area contributed by atoms with Crippen LogP contribution in [0, 0.1) is 0 Å². The van der Waals surface area contributed by atoms with Crippen LogP contribution in [0.25, 0.3) is 0 Å². The normalized spacial score (nSPS) is 10.6. The maximum Gasteiger partial charge on any atom is 0.573 e. The number of hydrogen-bond donors (Lipinski definition) is 2. The molecule has 1 amide bonds. The standard InChI is InChI=1S/C12H10F3NO5/c1-2-5-20-11(19)16-7-3-4-9(21-12(13,14)15)8(6-7)10(17)18/h2-4,6H,1,5H2,(H,16,19)(H,17,18). The summed E-state index contributed by atoms with van der Waals surface area (Å²) in [7, 11) is 0. The number of nitrogens with one attached hydrogen (secondary N) is 1. The summed E-state index contributed by atoms with van der Waals surface area (Å²) in [4.78, 5) is 22.1. The molecule has 9 heteroatoms. The van der Waals surface area contributed by atoms with E-state index in [1.54, 1.807) is 0 Å². The summed E-state index contributed by atoms with van der Waals surface area (Å²) in [6, 6.07) is 2.64. The average Bonchev–Trinajstić information content (AvgIpc) is 2.36. The Morgan fingerprint density at radius 3 is 2.57 bits per heavy atom. The zero-order valence-electron chi connectivity index (χ0n) is 10.4. The van der Waals surface area contributed by atoms with E-state index in [0.29, 0.717) is 0 Å². The van der Waals surface area contributed by atoms with Crippen molar-refractivity contribution in [3.8, 4) is 5.75 Å². The number of halogens is 3. The van der Waals surface area contributed by atoms with Crippen molar-refractivity contribution in [2.45, 2.75) is 6.36 Å². The number of carbonyl (C=O) groups is 2. The van der Waals surface area contributed by atoms with Gasteiger partial charge in [0.15, 0.2) is 0 Å². The number of carboxylic acid groups (broad SMARTS) is 1. The second kappa shape index (κ2) is 6.64. The van der Waals surface area contributed by atoms with E-state index in [1.807, 2.05) is 0 Å². The Morgan fingerprint density at radius 2 is 2.05 bits per heavy atom. The highest BCUT2D eigenvalue weighted by molar-refractivity contribution is 5.94. The van der Waals surface area contributed by atoms with Gasteiger partial charge in [-0.3, -0.25) is 5.32 Å². The third-order valence-electron chi connectivity index (χ3n) is 2.01. The Labute approximate surface area is 116 Å². The fourth-order valence-corrected chi connectivity index (χ4v) is 1.28. The predicted molar refractivity (Wildman–Crippen MR) is 65.3 cm³/mol. The van der Waals surface area contributed by atoms with Crippen LogP contribution in [0.4, 0.5) is 23.7 Å². The fraction of sp³-hybridized carbons (Fsp3) is 0.167. The van der Waals surface area contributed by atoms with E-state index in [2.05, 4.69) is 21.4 Å². The van der Waals surface area contributed by atoms with Gasteiger partial charge >= 0.3 is 18.4 Å². The van der Waals surface area contributed by atoms with Crippen molar-refractivity contribution < 1.29 is 37.3 Å². The first-order valence-electron chi connectivity index (χ1n) is 5.40. The maximum atomic E-state index is 12.1. The number of ether oxygens (including phenoxy) is 2. The van der Waals surface area contributed by atoms with Crippen molar-refractivity contribution in [2.75, 3.05) is 11.9 Å². The molecule has 1 aromatic carbocycles. The lowest BCUT2D eigenvalue weighted by Gasteiger charge is -2.12. The van der Waals surface area contributed by atoms with E-state index in [4.69, 9.17) is 5.11 Å². The molecule has 1 rings (SSSR count). The molecule has 0 bridgehead atoms. The van der Waals surface area contributed by atoms with Gasteiger partial charge in [-0.2, -0.15) is 0 Å². The second-order valence-corrected chi connectivity index (χ2v) is 3.58. The van der Waals surface area contributed by atoms with Crippen molar-refractivity contribution in [1.29, 1.82) is 0 Å². The molecule has 21 heavy (non-hydrogen) atoms. The SMILES string of the molecule is C=CCOC(=O)Nc1ccc(OC(F)(F)F)c(C(=O)O)c1. The van der Waals surface area contributed by atoms with Crippen LogP contribution >= 0.6 is 0 Å². The van der Waals surface area contributed by atoms with E-state index in [0.717, 1.165) is 18.2 Å². The number of anilines is 1. The van der Waals surface area contributed by atoms with Gasteiger partial charge in [0.2, 0.25) is 0 Å². The maximum absolute atomic E-state index is 12.1. The van der Waals surface area contributed by atoms with Gasteiger partial charge in [0.1, 0.15) is 17.9 Å². The zero-order valence-corrected chi connectivity index (χ0v) is 10.4. The molecule has 0 aliphatic rings. The molecule has 0 unspecified atom stereocenters. The van der Waals surface area contributed by atoms with Crippen LogP contribution in [-0.2, 0) is 4.74 Å². The first-order valence-corrected chi connectivity index (χ1v) is 5.40. The van der Waals surface area contributed by atoms with Gasteiger partial charge in [-0.05, 0) is 18.2 Å². The highest BCUT2D eigenvalue weighted by atomic mass is 19.4. The number of benzene rings is 1. The van der Waals surface area contributed by atoms with E-state index < -0.39 is 29.7 Å². The highest BCUT2D eigenvalue weighted by Gasteiger charge is 2.33. The molecular formula is C12H10F3NO5. The predicted octanol–water partition coefficient (Wildman–Crippen LogP) is 3.02. The molecule has 0 atom stereocenters. The summed E-state index contributed by atoms with van der Waals surface area (Å²) in [5, 5.41) is 11.0. The number of carbonyl (C=O) groups excluding carboxylic acids is 1. The first-order chi connectivity index (χ1) is 9.73. The molecule has 0 saturated heterocycles. The van der Waals surface area contributed by atoms with Crippen molar-refractivity contribution >= 4 is 17.7 Å². The van der Waals surface area contributed by atoms with Gasteiger partial charge in [-0.25, -0.2) is 9.59 Å². The topological polar surface area (TPSA) is 84.9 Å². The van der Waals surface area contributed by atoms with Crippen LogP contribution in [0.15, 0.2) is 30.9 Å². The highest BCUT2D eigenvalue weighted by Crippen LogP contribution is 2.28. The summed E-state index contributed by atoms with van der Waals surface area (Å²) < 4.78 is 44.5. The summed E-state index contributed by atoms with van der Waals surface area (Å²) in [5.74, 6) is -2.53. The average molecular weight is 305 g/mol. The zero-order chi connectivity index (χ0) is 16.0. The smallest absolute Gasteiger partial charge is 0.478 e. The Morgan fingerprint density at radius 1 is 1.38 bits per heavy atom. The van der Waals surface area contributed by atoms with Crippen molar-refractivity contribution in [3.05, 3.63) is 36.4 Å². The molecule has 0 aliphatic carbocycles. The first kappa shape index (κ1) is 16.3. The van der Waals surface area contributed by atoms with E-state index in [9.17, 15) is 22.8 Å². The van der Waals surface area contributed by atoms with E-state index in [1.165, 1.54) is 6.08 Å². The van der Waals surface area contributed by atoms with Gasteiger partial charge < -0.3 is 14.6 Å². The third-order valence-corrected chi connectivity index (χ3v) is 2.01. The van der Waals surface area contributed by atoms with Gasteiger partial charge in [0, 0.05) is 5.69 Å². The summed E-state index contributed by atoms with van der Waals surface area (Å²) >= 11 is 0. The van der Waals surface area contributed by atoms with Crippen molar-refractivity contribution in [3.63, 3.8) is 0 Å². The van der Waals surface area contributed by atoms with Crippen LogP contribution in [0.2, 0.25) is 0 Å². The van der Waals surface area contributed by atoms with Crippen LogP contribution in [0.1, 0.15) is 10.4 Å². The molecule has 0 aromatic heterocycles. The third kappa shape index (κ3) is 5.43. The molecule has 6 nitrogen and oxygen atoms in total. The Bertz CT molecular complexity index is 556. The van der Waals surface area contributed by atoms with Crippen molar-refractivity contribution in [1.82, 2.24) is 0 Å². The molecule has 0 radical (unpaired) electrons. The van der Waals surface area contributed by atoms with Gasteiger partial charge in [0.25, 0.3) is 0 Å². The minimum Gasteiger partial charge on any atom is -0.478 e. The molecule has 0 fully saturated rings. The number of carboxylic acids is 1. The molecule has 0 spiro atoms.